The molecule has 1 rings (SSSR count). The van der Waals surface area contributed by atoms with Crippen LogP contribution < -0.4 is 10.6 Å². The Morgan fingerprint density at radius 1 is 1.28 bits per heavy atom. The smallest absolute Gasteiger partial charge is 0.314 e. The highest BCUT2D eigenvalue weighted by atomic mass is 35.5. The molecule has 0 aliphatic carbocycles. The summed E-state index contributed by atoms with van der Waals surface area (Å²) < 4.78 is 11.9. The van der Waals surface area contributed by atoms with Gasteiger partial charge >= 0.3 is 6.03 Å². The number of unbranched alkanes of at least 4 members (excludes halogenated alkanes) is 1. The third-order valence-electron chi connectivity index (χ3n) is 2.35. The quantitative estimate of drug-likeness (QED) is 0.788. The highest BCUT2D eigenvalue weighted by Gasteiger charge is 2.03. The maximum Gasteiger partial charge on any atom is 0.314 e. The summed E-state index contributed by atoms with van der Waals surface area (Å²) in [6, 6.07) is 6.85. The van der Waals surface area contributed by atoms with Crippen LogP contribution in [0, 0.1) is 0 Å². The van der Waals surface area contributed by atoms with E-state index in [4.69, 9.17) is 11.6 Å². The van der Waals surface area contributed by atoms with Gasteiger partial charge in [0.15, 0.2) is 0 Å². The lowest BCUT2D eigenvalue weighted by molar-refractivity contribution is 0.243. The minimum atomic E-state index is -0.995. The molecular weight excluding hydrogens is 272 g/mol. The molecule has 0 fully saturated rings. The standard InChI is InChI=1S/C12H17ClN2O2S/c1-14-12(16)15-8-2-3-9-18(17)11-6-4-10(13)5-7-11/h4-7H,2-3,8-9H2,1H3,(H2,14,15,16). The van der Waals surface area contributed by atoms with Gasteiger partial charge in [-0.2, -0.15) is 0 Å². The third kappa shape index (κ3) is 5.51. The molecule has 0 heterocycles. The number of carbonyl (C=O) groups excluding carboxylic acids is 1. The molecule has 2 N–H and O–H groups in total. The Labute approximate surface area is 115 Å². The summed E-state index contributed by atoms with van der Waals surface area (Å²) >= 11 is 5.76. The van der Waals surface area contributed by atoms with Crippen LogP contribution in [0.15, 0.2) is 29.2 Å². The van der Waals surface area contributed by atoms with Crippen molar-refractivity contribution in [1.29, 1.82) is 0 Å². The van der Waals surface area contributed by atoms with Gasteiger partial charge in [-0.3, -0.25) is 4.21 Å². The Kier molecular flexibility index (Phi) is 6.75. The van der Waals surface area contributed by atoms with Crippen LogP contribution in [0.25, 0.3) is 0 Å². The van der Waals surface area contributed by atoms with Crippen LogP contribution in [-0.2, 0) is 10.8 Å². The Hall–Kier alpha value is -1.07. The third-order valence-corrected chi connectivity index (χ3v) is 4.06. The second kappa shape index (κ2) is 8.11. The van der Waals surface area contributed by atoms with E-state index in [-0.39, 0.29) is 6.03 Å². The van der Waals surface area contributed by atoms with Gasteiger partial charge in [0.05, 0.1) is 10.8 Å². The van der Waals surface area contributed by atoms with Gasteiger partial charge in [-0.05, 0) is 37.1 Å². The topological polar surface area (TPSA) is 58.2 Å². The summed E-state index contributed by atoms with van der Waals surface area (Å²) in [5.74, 6) is 0.594. The van der Waals surface area contributed by atoms with Crippen molar-refractivity contribution in [2.45, 2.75) is 17.7 Å². The molecule has 0 radical (unpaired) electrons. The molecule has 0 aliphatic heterocycles. The summed E-state index contributed by atoms with van der Waals surface area (Å²) in [6.07, 6.45) is 1.62. The van der Waals surface area contributed by atoms with Crippen LogP contribution in [0.3, 0.4) is 0 Å². The lowest BCUT2D eigenvalue weighted by atomic mass is 10.3. The molecule has 0 saturated carbocycles. The van der Waals surface area contributed by atoms with E-state index in [1.165, 1.54) is 0 Å². The predicted octanol–water partition coefficient (Wildman–Crippen LogP) is 2.16. The fourth-order valence-corrected chi connectivity index (χ4v) is 2.62. The molecule has 4 nitrogen and oxygen atoms in total. The van der Waals surface area contributed by atoms with Crippen molar-refractivity contribution in [1.82, 2.24) is 10.6 Å². The number of hydrogen-bond donors (Lipinski definition) is 2. The number of nitrogens with one attached hydrogen (secondary N) is 2. The minimum absolute atomic E-state index is 0.186. The van der Waals surface area contributed by atoms with Gasteiger partial charge in [-0.25, -0.2) is 4.79 Å². The lowest BCUT2D eigenvalue weighted by Gasteiger charge is -2.04. The number of carbonyl (C=O) groups is 1. The van der Waals surface area contributed by atoms with Gasteiger partial charge in [0, 0.05) is 29.3 Å². The van der Waals surface area contributed by atoms with Gasteiger partial charge < -0.3 is 10.6 Å². The number of halogens is 1. The maximum atomic E-state index is 11.9. The van der Waals surface area contributed by atoms with Crippen molar-refractivity contribution in [2.24, 2.45) is 0 Å². The van der Waals surface area contributed by atoms with Crippen molar-refractivity contribution >= 4 is 28.4 Å². The number of amides is 2. The van der Waals surface area contributed by atoms with Gasteiger partial charge in [-0.1, -0.05) is 11.6 Å². The number of benzene rings is 1. The molecular formula is C12H17ClN2O2S. The van der Waals surface area contributed by atoms with Crippen molar-refractivity contribution in [2.75, 3.05) is 19.3 Å². The lowest BCUT2D eigenvalue weighted by Crippen LogP contribution is -2.33. The summed E-state index contributed by atoms with van der Waals surface area (Å²) in [5.41, 5.74) is 0. The van der Waals surface area contributed by atoms with Crippen LogP contribution in [0.2, 0.25) is 5.02 Å². The molecule has 0 aliphatic rings. The van der Waals surface area contributed by atoms with Crippen LogP contribution >= 0.6 is 11.6 Å². The Bertz CT molecular complexity index is 409. The largest absolute Gasteiger partial charge is 0.341 e. The van der Waals surface area contributed by atoms with Crippen molar-refractivity contribution in [3.05, 3.63) is 29.3 Å². The second-order valence-electron chi connectivity index (χ2n) is 3.72. The van der Waals surface area contributed by atoms with E-state index in [2.05, 4.69) is 10.6 Å². The zero-order chi connectivity index (χ0) is 13.4. The minimum Gasteiger partial charge on any atom is -0.341 e. The predicted molar refractivity (Wildman–Crippen MR) is 74.4 cm³/mol. The van der Waals surface area contributed by atoms with Crippen LogP contribution in [0.5, 0.6) is 0 Å². The van der Waals surface area contributed by atoms with Crippen molar-refractivity contribution < 1.29 is 9.00 Å². The molecule has 18 heavy (non-hydrogen) atoms. The average molecular weight is 289 g/mol. The molecule has 1 aromatic rings. The molecule has 0 saturated heterocycles. The molecule has 2 amide bonds. The number of urea groups is 1. The average Bonchev–Trinajstić information content (AvgIpc) is 2.38. The van der Waals surface area contributed by atoms with Crippen molar-refractivity contribution in [3.63, 3.8) is 0 Å². The fraction of sp³-hybridized carbons (Fsp3) is 0.417. The Morgan fingerprint density at radius 3 is 2.56 bits per heavy atom. The summed E-state index contributed by atoms with van der Waals surface area (Å²) in [7, 11) is 0.580. The van der Waals surface area contributed by atoms with Gasteiger partial charge in [0.2, 0.25) is 0 Å². The first-order chi connectivity index (χ1) is 8.63. The van der Waals surface area contributed by atoms with Crippen LogP contribution in [0.1, 0.15) is 12.8 Å². The van der Waals surface area contributed by atoms with E-state index >= 15 is 0 Å². The van der Waals surface area contributed by atoms with E-state index < -0.39 is 10.8 Å². The molecule has 0 aromatic heterocycles. The van der Waals surface area contributed by atoms with E-state index in [9.17, 15) is 9.00 Å². The van der Waals surface area contributed by atoms with Gasteiger partial charge in [0.25, 0.3) is 0 Å². The molecule has 100 valence electrons. The first kappa shape index (κ1) is 15.0. The highest BCUT2D eigenvalue weighted by molar-refractivity contribution is 7.85. The zero-order valence-corrected chi connectivity index (χ0v) is 11.8. The monoisotopic (exact) mass is 288 g/mol. The van der Waals surface area contributed by atoms with Gasteiger partial charge in [-0.15, -0.1) is 0 Å². The molecule has 6 heteroatoms. The molecule has 1 unspecified atom stereocenters. The van der Waals surface area contributed by atoms with Crippen LogP contribution in [0.4, 0.5) is 4.79 Å². The molecule has 0 bridgehead atoms. The Morgan fingerprint density at radius 2 is 1.94 bits per heavy atom. The second-order valence-corrected chi connectivity index (χ2v) is 5.72. The summed E-state index contributed by atoms with van der Waals surface area (Å²) in [5, 5.41) is 5.80. The van der Waals surface area contributed by atoms with E-state index in [0.29, 0.717) is 17.3 Å². The SMILES string of the molecule is CNC(=O)NCCCCS(=O)c1ccc(Cl)cc1. The molecule has 0 spiro atoms. The van der Waals surface area contributed by atoms with Gasteiger partial charge in [0.1, 0.15) is 0 Å². The highest BCUT2D eigenvalue weighted by Crippen LogP contribution is 2.13. The first-order valence-electron chi connectivity index (χ1n) is 5.73. The maximum absolute atomic E-state index is 11.9. The fourth-order valence-electron chi connectivity index (χ4n) is 1.35. The van der Waals surface area contributed by atoms with E-state index in [1.54, 1.807) is 31.3 Å². The van der Waals surface area contributed by atoms with E-state index in [0.717, 1.165) is 17.7 Å². The summed E-state index contributed by atoms with van der Waals surface area (Å²) in [4.78, 5) is 11.7. The Balaban J connectivity index is 2.21. The number of hydrogen-bond acceptors (Lipinski definition) is 2. The number of rotatable bonds is 6. The first-order valence-corrected chi connectivity index (χ1v) is 7.42. The summed E-state index contributed by atoms with van der Waals surface area (Å²) in [6.45, 7) is 0.595. The van der Waals surface area contributed by atoms with Crippen molar-refractivity contribution in [3.8, 4) is 0 Å². The van der Waals surface area contributed by atoms with E-state index in [1.807, 2.05) is 0 Å². The zero-order valence-electron chi connectivity index (χ0n) is 10.2. The van der Waals surface area contributed by atoms with Crippen LogP contribution in [-0.4, -0.2) is 29.6 Å². The normalized spacial score (nSPS) is 11.9. The molecule has 1 atom stereocenters. The molecule has 1 aromatic carbocycles.